The third-order valence-electron chi connectivity index (χ3n) is 3.39. The molecule has 2 N–H and O–H groups in total. The van der Waals surface area contributed by atoms with Crippen LogP contribution in [0.3, 0.4) is 0 Å². The van der Waals surface area contributed by atoms with E-state index in [1.807, 2.05) is 4.90 Å². The number of carboxylic acids is 1. The van der Waals surface area contributed by atoms with Crippen LogP contribution in [0.5, 0.6) is 5.75 Å². The molecule has 0 bridgehead atoms. The van der Waals surface area contributed by atoms with E-state index in [1.54, 1.807) is 6.07 Å². The van der Waals surface area contributed by atoms with Crippen molar-refractivity contribution in [2.24, 2.45) is 0 Å². The molecule has 0 amide bonds. The van der Waals surface area contributed by atoms with Crippen LogP contribution in [0.25, 0.3) is 0 Å². The van der Waals surface area contributed by atoms with E-state index in [9.17, 15) is 14.3 Å². The van der Waals surface area contributed by atoms with E-state index in [4.69, 9.17) is 5.11 Å². The highest BCUT2D eigenvalue weighted by atomic mass is 19.1. The van der Waals surface area contributed by atoms with Gasteiger partial charge in [0, 0.05) is 32.2 Å². The number of carbonyl (C=O) groups is 1. The summed E-state index contributed by atoms with van der Waals surface area (Å²) in [6.07, 6.45) is 0.884. The molecule has 1 saturated heterocycles. The van der Waals surface area contributed by atoms with Gasteiger partial charge in [0.2, 0.25) is 0 Å². The molecular weight excluding hydrogens is 263 g/mol. The van der Waals surface area contributed by atoms with Gasteiger partial charge >= 0.3 is 5.97 Å². The number of phenols is 1. The Morgan fingerprint density at radius 3 is 2.55 bits per heavy atom. The summed E-state index contributed by atoms with van der Waals surface area (Å²) in [5, 5.41) is 18.2. The Balaban J connectivity index is 1.92. The van der Waals surface area contributed by atoms with Gasteiger partial charge in [0.05, 0.1) is 6.54 Å². The van der Waals surface area contributed by atoms with Crippen LogP contribution < -0.4 is 0 Å². The van der Waals surface area contributed by atoms with Gasteiger partial charge < -0.3 is 10.2 Å². The van der Waals surface area contributed by atoms with E-state index in [2.05, 4.69) is 4.90 Å². The third-order valence-corrected chi connectivity index (χ3v) is 3.39. The molecule has 0 saturated carbocycles. The van der Waals surface area contributed by atoms with E-state index in [0.717, 1.165) is 37.7 Å². The zero-order chi connectivity index (χ0) is 14.5. The molecule has 0 spiro atoms. The standard InChI is InChI=1S/C14H19FN2O3/c15-12-6-11(7-13(18)8-12)9-16-2-1-3-17(5-4-16)10-14(19)20/h6-8,18H,1-5,9-10H2,(H,19,20). The maximum atomic E-state index is 13.2. The molecule has 1 aliphatic rings. The van der Waals surface area contributed by atoms with Gasteiger partial charge in [0.15, 0.2) is 0 Å². The van der Waals surface area contributed by atoms with E-state index < -0.39 is 11.8 Å². The lowest BCUT2D eigenvalue weighted by Crippen LogP contribution is -2.34. The van der Waals surface area contributed by atoms with Crippen molar-refractivity contribution in [3.8, 4) is 5.75 Å². The predicted octanol–water partition coefficient (Wildman–Crippen LogP) is 1.12. The van der Waals surface area contributed by atoms with E-state index in [1.165, 1.54) is 6.07 Å². The van der Waals surface area contributed by atoms with Crippen molar-refractivity contribution in [1.29, 1.82) is 0 Å². The highest BCUT2D eigenvalue weighted by molar-refractivity contribution is 5.69. The molecular formula is C14H19FN2O3. The fraction of sp³-hybridized carbons (Fsp3) is 0.500. The molecule has 2 rings (SSSR count). The SMILES string of the molecule is O=C(O)CN1CCCN(Cc2cc(O)cc(F)c2)CC1. The van der Waals surface area contributed by atoms with Gasteiger partial charge in [-0.25, -0.2) is 4.39 Å². The number of rotatable bonds is 4. The molecule has 0 atom stereocenters. The van der Waals surface area contributed by atoms with E-state index >= 15 is 0 Å². The fourth-order valence-corrected chi connectivity index (χ4v) is 2.51. The third kappa shape index (κ3) is 4.47. The number of hydrogen-bond donors (Lipinski definition) is 2. The quantitative estimate of drug-likeness (QED) is 0.866. The summed E-state index contributed by atoms with van der Waals surface area (Å²) >= 11 is 0. The van der Waals surface area contributed by atoms with Gasteiger partial charge in [0.1, 0.15) is 11.6 Å². The summed E-state index contributed by atoms with van der Waals surface area (Å²) in [6, 6.07) is 4.06. The van der Waals surface area contributed by atoms with Crippen molar-refractivity contribution < 1.29 is 19.4 Å². The van der Waals surface area contributed by atoms with Crippen molar-refractivity contribution in [3.05, 3.63) is 29.6 Å². The maximum absolute atomic E-state index is 13.2. The Morgan fingerprint density at radius 1 is 1.15 bits per heavy atom. The van der Waals surface area contributed by atoms with Gasteiger partial charge in [-0.2, -0.15) is 0 Å². The average Bonchev–Trinajstić information content (AvgIpc) is 2.53. The van der Waals surface area contributed by atoms with Crippen LogP contribution in [-0.2, 0) is 11.3 Å². The molecule has 1 aliphatic heterocycles. The zero-order valence-electron chi connectivity index (χ0n) is 11.3. The van der Waals surface area contributed by atoms with Gasteiger partial charge in [-0.15, -0.1) is 0 Å². The lowest BCUT2D eigenvalue weighted by Gasteiger charge is -2.21. The molecule has 20 heavy (non-hydrogen) atoms. The number of aliphatic carboxylic acids is 1. The van der Waals surface area contributed by atoms with Crippen molar-refractivity contribution in [1.82, 2.24) is 9.80 Å². The average molecular weight is 282 g/mol. The highest BCUT2D eigenvalue weighted by Gasteiger charge is 2.17. The van der Waals surface area contributed by atoms with Crippen LogP contribution >= 0.6 is 0 Å². The molecule has 110 valence electrons. The monoisotopic (exact) mass is 282 g/mol. The van der Waals surface area contributed by atoms with Gasteiger partial charge in [-0.1, -0.05) is 0 Å². The fourth-order valence-electron chi connectivity index (χ4n) is 2.51. The molecule has 0 aromatic heterocycles. The number of hydrogen-bond acceptors (Lipinski definition) is 4. The highest BCUT2D eigenvalue weighted by Crippen LogP contribution is 2.17. The van der Waals surface area contributed by atoms with Crippen LogP contribution in [0.15, 0.2) is 18.2 Å². The molecule has 0 radical (unpaired) electrons. The second-order valence-corrected chi connectivity index (χ2v) is 5.12. The van der Waals surface area contributed by atoms with Crippen molar-refractivity contribution in [2.45, 2.75) is 13.0 Å². The largest absolute Gasteiger partial charge is 0.508 e. The number of nitrogens with zero attached hydrogens (tertiary/aromatic N) is 2. The Kier molecular flexibility index (Phi) is 4.92. The molecule has 1 heterocycles. The normalized spacial score (nSPS) is 17.9. The lowest BCUT2D eigenvalue weighted by molar-refractivity contribution is -0.138. The van der Waals surface area contributed by atoms with Crippen molar-refractivity contribution in [3.63, 3.8) is 0 Å². The summed E-state index contributed by atoms with van der Waals surface area (Å²) in [6.45, 7) is 3.66. The predicted molar refractivity (Wildman–Crippen MR) is 72.0 cm³/mol. The molecule has 0 unspecified atom stereocenters. The Bertz CT molecular complexity index is 461. The lowest BCUT2D eigenvalue weighted by atomic mass is 10.2. The van der Waals surface area contributed by atoms with E-state index in [-0.39, 0.29) is 12.3 Å². The number of halogens is 1. The van der Waals surface area contributed by atoms with Crippen LogP contribution in [0.4, 0.5) is 4.39 Å². The summed E-state index contributed by atoms with van der Waals surface area (Å²) in [4.78, 5) is 14.8. The topological polar surface area (TPSA) is 64.0 Å². The van der Waals surface area contributed by atoms with E-state index in [0.29, 0.717) is 13.1 Å². The second-order valence-electron chi connectivity index (χ2n) is 5.12. The van der Waals surface area contributed by atoms with Crippen molar-refractivity contribution >= 4 is 5.97 Å². The van der Waals surface area contributed by atoms with Crippen LogP contribution in [0, 0.1) is 5.82 Å². The molecule has 1 aromatic rings. The summed E-state index contributed by atoms with van der Waals surface area (Å²) in [5.74, 6) is -1.32. The smallest absolute Gasteiger partial charge is 0.317 e. The minimum atomic E-state index is -0.812. The maximum Gasteiger partial charge on any atom is 0.317 e. The Morgan fingerprint density at radius 2 is 1.85 bits per heavy atom. The van der Waals surface area contributed by atoms with Crippen LogP contribution in [0.2, 0.25) is 0 Å². The van der Waals surface area contributed by atoms with Gasteiger partial charge in [0.25, 0.3) is 0 Å². The molecule has 0 aliphatic carbocycles. The summed E-state index contributed by atoms with van der Waals surface area (Å²) in [5.41, 5.74) is 0.731. The summed E-state index contributed by atoms with van der Waals surface area (Å²) in [7, 11) is 0. The second kappa shape index (κ2) is 6.67. The van der Waals surface area contributed by atoms with Gasteiger partial charge in [-0.3, -0.25) is 14.6 Å². The number of carboxylic acid groups (broad SMARTS) is 1. The minimum Gasteiger partial charge on any atom is -0.508 e. The first-order valence-electron chi connectivity index (χ1n) is 6.68. The Hall–Kier alpha value is -1.66. The number of phenolic OH excluding ortho intramolecular Hbond substituents is 1. The van der Waals surface area contributed by atoms with Crippen LogP contribution in [-0.4, -0.2) is 58.7 Å². The Labute approximate surface area is 117 Å². The minimum absolute atomic E-state index is 0.0641. The zero-order valence-corrected chi connectivity index (χ0v) is 11.3. The molecule has 1 aromatic carbocycles. The van der Waals surface area contributed by atoms with Gasteiger partial charge in [-0.05, 0) is 30.7 Å². The molecule has 5 nitrogen and oxygen atoms in total. The first-order chi connectivity index (χ1) is 9.52. The summed E-state index contributed by atoms with van der Waals surface area (Å²) < 4.78 is 13.2. The first-order valence-corrected chi connectivity index (χ1v) is 6.68. The number of aromatic hydroxyl groups is 1. The molecule has 6 heteroatoms. The number of benzene rings is 1. The van der Waals surface area contributed by atoms with Crippen molar-refractivity contribution in [2.75, 3.05) is 32.7 Å². The first kappa shape index (κ1) is 14.7. The molecule has 1 fully saturated rings. The van der Waals surface area contributed by atoms with Crippen LogP contribution in [0.1, 0.15) is 12.0 Å².